The smallest absolute Gasteiger partial charge is 0.266 e. The summed E-state index contributed by atoms with van der Waals surface area (Å²) in [6.45, 7) is 5.19. The number of hydrogen-bond acceptors (Lipinski definition) is 5. The Bertz CT molecular complexity index is 404. The monoisotopic (exact) mass is 224 g/mol. The molecule has 80 valence electrons. The largest absolute Gasteiger partial charge is 0.333 e. The van der Waals surface area contributed by atoms with Crippen molar-refractivity contribution in [3.05, 3.63) is 10.6 Å². The molecular formula is C9H12N4OS. The molecule has 1 aromatic rings. The summed E-state index contributed by atoms with van der Waals surface area (Å²) >= 11 is 1.05. The predicted octanol–water partition coefficient (Wildman–Crippen LogP) is 1.13. The van der Waals surface area contributed by atoms with Crippen LogP contribution in [-0.2, 0) is 6.42 Å². The van der Waals surface area contributed by atoms with E-state index >= 15 is 0 Å². The van der Waals surface area contributed by atoms with Crippen molar-refractivity contribution in [1.82, 2.24) is 14.9 Å². The van der Waals surface area contributed by atoms with Gasteiger partial charge in [0.05, 0.1) is 11.8 Å². The van der Waals surface area contributed by atoms with E-state index in [2.05, 4.69) is 14.9 Å². The van der Waals surface area contributed by atoms with Crippen molar-refractivity contribution < 1.29 is 4.79 Å². The Balaban J connectivity index is 2.83. The van der Waals surface area contributed by atoms with Gasteiger partial charge < -0.3 is 5.32 Å². The van der Waals surface area contributed by atoms with Crippen LogP contribution in [0.2, 0.25) is 0 Å². The van der Waals surface area contributed by atoms with Gasteiger partial charge >= 0.3 is 0 Å². The second kappa shape index (κ2) is 4.36. The number of aryl methyl sites for hydroxylation is 1. The molecule has 5 nitrogen and oxygen atoms in total. The molecule has 0 aromatic carbocycles. The third kappa shape index (κ3) is 2.73. The summed E-state index contributed by atoms with van der Waals surface area (Å²) in [4.78, 5) is 12.2. The van der Waals surface area contributed by atoms with Crippen molar-refractivity contribution in [2.75, 3.05) is 0 Å². The molecule has 0 radical (unpaired) electrons. The van der Waals surface area contributed by atoms with Crippen molar-refractivity contribution in [3.63, 3.8) is 0 Å². The van der Waals surface area contributed by atoms with Crippen LogP contribution >= 0.6 is 11.5 Å². The van der Waals surface area contributed by atoms with E-state index in [0.717, 1.165) is 11.5 Å². The number of carbonyl (C=O) groups excluding carboxylic acids is 1. The molecule has 0 atom stereocenters. The third-order valence-electron chi connectivity index (χ3n) is 1.80. The maximum absolute atomic E-state index is 11.7. The second-order valence-corrected chi connectivity index (χ2v) is 4.35. The van der Waals surface area contributed by atoms with E-state index < -0.39 is 5.54 Å². The molecule has 1 N–H and O–H groups in total. The standard InChI is InChI=1S/C9H12N4OS/c1-4-6-7(15-13-12-6)8(14)11-9(2,3)5-10/h4H2,1-3H3,(H,11,14). The summed E-state index contributed by atoms with van der Waals surface area (Å²) in [5.74, 6) is -0.284. The minimum atomic E-state index is -0.869. The van der Waals surface area contributed by atoms with Crippen LogP contribution in [0.3, 0.4) is 0 Å². The molecule has 1 rings (SSSR count). The fourth-order valence-corrected chi connectivity index (χ4v) is 1.63. The zero-order valence-electron chi connectivity index (χ0n) is 8.87. The number of carbonyl (C=O) groups is 1. The van der Waals surface area contributed by atoms with Crippen LogP contribution in [-0.4, -0.2) is 21.0 Å². The van der Waals surface area contributed by atoms with Gasteiger partial charge in [0.25, 0.3) is 5.91 Å². The number of nitriles is 1. The molecule has 0 fully saturated rings. The highest BCUT2D eigenvalue weighted by Crippen LogP contribution is 2.12. The van der Waals surface area contributed by atoms with Gasteiger partial charge in [-0.1, -0.05) is 11.4 Å². The van der Waals surface area contributed by atoms with Crippen LogP contribution in [0, 0.1) is 11.3 Å². The van der Waals surface area contributed by atoms with E-state index in [1.807, 2.05) is 13.0 Å². The van der Waals surface area contributed by atoms with Gasteiger partial charge in [0.1, 0.15) is 10.4 Å². The lowest BCUT2D eigenvalue weighted by Gasteiger charge is -2.16. The molecule has 6 heteroatoms. The Kier molecular flexibility index (Phi) is 3.37. The van der Waals surface area contributed by atoms with Crippen LogP contribution in [0.4, 0.5) is 0 Å². The molecule has 15 heavy (non-hydrogen) atoms. The van der Waals surface area contributed by atoms with Crippen molar-refractivity contribution in [2.24, 2.45) is 0 Å². The van der Waals surface area contributed by atoms with Crippen LogP contribution in [0.5, 0.6) is 0 Å². The summed E-state index contributed by atoms with van der Waals surface area (Å²) < 4.78 is 3.72. The van der Waals surface area contributed by atoms with Crippen LogP contribution in [0.15, 0.2) is 0 Å². The van der Waals surface area contributed by atoms with Gasteiger partial charge in [-0.3, -0.25) is 4.79 Å². The predicted molar refractivity (Wildman–Crippen MR) is 56.4 cm³/mol. The summed E-state index contributed by atoms with van der Waals surface area (Å²) in [6.07, 6.45) is 0.659. The van der Waals surface area contributed by atoms with Gasteiger partial charge in [0.2, 0.25) is 0 Å². The maximum atomic E-state index is 11.7. The third-order valence-corrected chi connectivity index (χ3v) is 2.57. The lowest BCUT2D eigenvalue weighted by Crippen LogP contribution is -2.42. The Hall–Kier alpha value is -1.48. The molecule has 1 aromatic heterocycles. The van der Waals surface area contributed by atoms with Crippen LogP contribution < -0.4 is 5.32 Å². The molecule has 0 aliphatic rings. The fraction of sp³-hybridized carbons (Fsp3) is 0.556. The Morgan fingerprint density at radius 2 is 2.33 bits per heavy atom. The zero-order valence-corrected chi connectivity index (χ0v) is 9.68. The lowest BCUT2D eigenvalue weighted by molar-refractivity contribution is 0.0932. The molecule has 1 heterocycles. The van der Waals surface area contributed by atoms with E-state index in [1.165, 1.54) is 0 Å². The molecule has 0 aliphatic carbocycles. The maximum Gasteiger partial charge on any atom is 0.266 e. The van der Waals surface area contributed by atoms with Gasteiger partial charge in [-0.2, -0.15) is 5.26 Å². The summed E-state index contributed by atoms with van der Waals surface area (Å²) in [6, 6.07) is 2.00. The van der Waals surface area contributed by atoms with E-state index in [4.69, 9.17) is 5.26 Å². The topological polar surface area (TPSA) is 78.7 Å². The zero-order chi connectivity index (χ0) is 11.5. The average molecular weight is 224 g/mol. The highest BCUT2D eigenvalue weighted by molar-refractivity contribution is 7.08. The van der Waals surface area contributed by atoms with Gasteiger partial charge in [-0.15, -0.1) is 5.10 Å². The highest BCUT2D eigenvalue weighted by Gasteiger charge is 2.23. The molecule has 0 spiro atoms. The lowest BCUT2D eigenvalue weighted by atomic mass is 10.1. The van der Waals surface area contributed by atoms with Crippen molar-refractivity contribution in [1.29, 1.82) is 5.26 Å². The summed E-state index contributed by atoms with van der Waals surface area (Å²) in [7, 11) is 0. The molecule has 0 unspecified atom stereocenters. The fourth-order valence-electron chi connectivity index (χ4n) is 0.981. The highest BCUT2D eigenvalue weighted by atomic mass is 32.1. The van der Waals surface area contributed by atoms with Gasteiger partial charge in [0.15, 0.2) is 0 Å². The number of nitrogens with one attached hydrogen (secondary N) is 1. The Morgan fingerprint density at radius 3 is 2.87 bits per heavy atom. The molecule has 0 saturated heterocycles. The van der Waals surface area contributed by atoms with Crippen LogP contribution in [0.25, 0.3) is 0 Å². The molecular weight excluding hydrogens is 212 g/mol. The number of aromatic nitrogens is 2. The minimum absolute atomic E-state index is 0.284. The van der Waals surface area contributed by atoms with E-state index in [1.54, 1.807) is 13.8 Å². The average Bonchev–Trinajstić information content (AvgIpc) is 2.64. The first-order valence-corrected chi connectivity index (χ1v) is 5.32. The first kappa shape index (κ1) is 11.6. The number of hydrogen-bond donors (Lipinski definition) is 1. The number of rotatable bonds is 3. The van der Waals surface area contributed by atoms with E-state index in [9.17, 15) is 4.79 Å². The Morgan fingerprint density at radius 1 is 1.67 bits per heavy atom. The van der Waals surface area contributed by atoms with E-state index in [-0.39, 0.29) is 5.91 Å². The molecule has 0 aliphatic heterocycles. The molecule has 1 amide bonds. The Labute approximate surface area is 92.3 Å². The van der Waals surface area contributed by atoms with Crippen molar-refractivity contribution in [3.8, 4) is 6.07 Å². The van der Waals surface area contributed by atoms with Gasteiger partial charge in [-0.25, -0.2) is 0 Å². The summed E-state index contributed by atoms with van der Waals surface area (Å²) in [5.41, 5.74) is -0.197. The normalized spacial score (nSPS) is 10.8. The van der Waals surface area contributed by atoms with Gasteiger partial charge in [-0.05, 0) is 31.8 Å². The quantitative estimate of drug-likeness (QED) is 0.834. The van der Waals surface area contributed by atoms with Gasteiger partial charge in [0, 0.05) is 0 Å². The first-order valence-electron chi connectivity index (χ1n) is 4.55. The summed E-state index contributed by atoms with van der Waals surface area (Å²) in [5, 5.41) is 15.2. The van der Waals surface area contributed by atoms with Crippen LogP contribution in [0.1, 0.15) is 36.1 Å². The minimum Gasteiger partial charge on any atom is -0.333 e. The molecule has 0 saturated carbocycles. The van der Waals surface area contributed by atoms with Crippen molar-refractivity contribution in [2.45, 2.75) is 32.7 Å². The van der Waals surface area contributed by atoms with Crippen molar-refractivity contribution >= 4 is 17.4 Å². The van der Waals surface area contributed by atoms with E-state index in [0.29, 0.717) is 17.0 Å². The number of amides is 1. The molecule has 0 bridgehead atoms. The second-order valence-electron chi connectivity index (χ2n) is 3.59. The number of nitrogens with zero attached hydrogens (tertiary/aromatic N) is 3. The first-order chi connectivity index (χ1) is 7.00. The SMILES string of the molecule is CCc1nnsc1C(=O)NC(C)(C)C#N.